The van der Waals surface area contributed by atoms with Gasteiger partial charge in [0.2, 0.25) is 5.91 Å². The van der Waals surface area contributed by atoms with Crippen LogP contribution in [0.5, 0.6) is 0 Å². The lowest BCUT2D eigenvalue weighted by Gasteiger charge is -2.35. The fraction of sp³-hybridized carbons (Fsp3) is 0.933. The van der Waals surface area contributed by atoms with Crippen molar-refractivity contribution in [2.75, 3.05) is 59.9 Å². The predicted molar refractivity (Wildman–Crippen MR) is 83.9 cm³/mol. The Morgan fingerprint density at radius 2 is 1.75 bits per heavy atom. The number of likely N-dealkylation sites (N-methyl/N-ethyl adjacent to an activating group) is 1. The molecule has 0 radical (unpaired) electrons. The molecule has 1 heterocycles. The molecule has 5 nitrogen and oxygen atoms in total. The molecule has 1 aliphatic heterocycles. The van der Waals surface area contributed by atoms with E-state index >= 15 is 0 Å². The van der Waals surface area contributed by atoms with Crippen LogP contribution < -0.4 is 5.32 Å². The summed E-state index contributed by atoms with van der Waals surface area (Å²) in [6.45, 7) is 13.1. The van der Waals surface area contributed by atoms with Crippen LogP contribution in [0, 0.1) is 0 Å². The van der Waals surface area contributed by atoms with E-state index < -0.39 is 0 Å². The summed E-state index contributed by atoms with van der Waals surface area (Å²) in [5.74, 6) is 0.286. The van der Waals surface area contributed by atoms with Crippen LogP contribution in [0.2, 0.25) is 0 Å². The molecule has 0 aromatic carbocycles. The summed E-state index contributed by atoms with van der Waals surface area (Å²) in [6, 6.07) is 0. The summed E-state index contributed by atoms with van der Waals surface area (Å²) in [6.07, 6.45) is 0.606. The first-order valence-electron chi connectivity index (χ1n) is 7.68. The molecule has 1 N–H and O–H groups in total. The van der Waals surface area contributed by atoms with Crippen molar-refractivity contribution < 1.29 is 4.79 Å². The van der Waals surface area contributed by atoms with Gasteiger partial charge in [0.15, 0.2) is 0 Å². The second-order valence-electron chi connectivity index (χ2n) is 6.95. The van der Waals surface area contributed by atoms with Crippen molar-refractivity contribution in [2.45, 2.75) is 32.7 Å². The highest BCUT2D eigenvalue weighted by molar-refractivity contribution is 5.76. The first-order chi connectivity index (χ1) is 9.28. The third-order valence-electron chi connectivity index (χ3n) is 3.58. The van der Waals surface area contributed by atoms with Gasteiger partial charge >= 0.3 is 0 Å². The van der Waals surface area contributed by atoms with E-state index in [2.05, 4.69) is 50.0 Å². The van der Waals surface area contributed by atoms with Crippen molar-refractivity contribution in [1.82, 2.24) is 20.0 Å². The number of piperazine rings is 1. The number of hydrogen-bond acceptors (Lipinski definition) is 4. The zero-order chi connectivity index (χ0) is 15.2. The van der Waals surface area contributed by atoms with Gasteiger partial charge in [-0.1, -0.05) is 0 Å². The van der Waals surface area contributed by atoms with E-state index in [9.17, 15) is 4.79 Å². The number of nitrogens with zero attached hydrogens (tertiary/aromatic N) is 3. The topological polar surface area (TPSA) is 38.8 Å². The quantitative estimate of drug-likeness (QED) is 0.770. The number of carbonyl (C=O) groups excluding carboxylic acids is 1. The van der Waals surface area contributed by atoms with Crippen LogP contribution >= 0.6 is 0 Å². The monoisotopic (exact) mass is 284 g/mol. The van der Waals surface area contributed by atoms with Gasteiger partial charge in [0.25, 0.3) is 0 Å². The number of amides is 1. The van der Waals surface area contributed by atoms with Crippen molar-refractivity contribution >= 4 is 5.91 Å². The molecule has 0 aromatic rings. The Labute approximate surface area is 124 Å². The van der Waals surface area contributed by atoms with Crippen molar-refractivity contribution in [3.05, 3.63) is 0 Å². The van der Waals surface area contributed by atoms with E-state index in [0.717, 1.165) is 45.8 Å². The van der Waals surface area contributed by atoms with Crippen LogP contribution in [-0.4, -0.2) is 86.1 Å². The summed E-state index contributed by atoms with van der Waals surface area (Å²) in [5, 5.41) is 3.37. The van der Waals surface area contributed by atoms with Gasteiger partial charge in [-0.05, 0) is 34.9 Å². The molecule has 0 aromatic heterocycles. The summed E-state index contributed by atoms with van der Waals surface area (Å²) < 4.78 is 0. The van der Waals surface area contributed by atoms with Crippen molar-refractivity contribution in [3.8, 4) is 0 Å². The Hall–Kier alpha value is -0.650. The fourth-order valence-electron chi connectivity index (χ4n) is 2.26. The Kier molecular flexibility index (Phi) is 6.92. The number of hydrogen-bond donors (Lipinski definition) is 1. The molecule has 0 aliphatic carbocycles. The molecule has 1 rings (SSSR count). The number of nitrogens with one attached hydrogen (secondary N) is 1. The van der Waals surface area contributed by atoms with E-state index in [0.29, 0.717) is 6.42 Å². The lowest BCUT2D eigenvalue weighted by atomic mass is 10.1. The van der Waals surface area contributed by atoms with Crippen LogP contribution in [0.4, 0.5) is 0 Å². The maximum Gasteiger partial charge on any atom is 0.223 e. The lowest BCUT2D eigenvalue weighted by molar-refractivity contribution is -0.132. The third-order valence-corrected chi connectivity index (χ3v) is 3.58. The summed E-state index contributed by atoms with van der Waals surface area (Å²) in [5.41, 5.74) is 0.0884. The van der Waals surface area contributed by atoms with Crippen LogP contribution in [0.25, 0.3) is 0 Å². The van der Waals surface area contributed by atoms with E-state index in [4.69, 9.17) is 0 Å². The van der Waals surface area contributed by atoms with Crippen LogP contribution in [-0.2, 0) is 4.79 Å². The van der Waals surface area contributed by atoms with Gasteiger partial charge in [-0.3, -0.25) is 9.69 Å². The van der Waals surface area contributed by atoms with Crippen LogP contribution in [0.3, 0.4) is 0 Å². The molecule has 0 atom stereocenters. The third kappa shape index (κ3) is 7.22. The van der Waals surface area contributed by atoms with E-state index in [1.54, 1.807) is 0 Å². The van der Waals surface area contributed by atoms with Gasteiger partial charge in [-0.25, -0.2) is 0 Å². The normalized spacial score (nSPS) is 17.8. The van der Waals surface area contributed by atoms with Gasteiger partial charge in [0.05, 0.1) is 0 Å². The lowest BCUT2D eigenvalue weighted by Crippen LogP contribution is -2.50. The Morgan fingerprint density at radius 3 is 2.25 bits per heavy atom. The molecule has 0 unspecified atom stereocenters. The SMILES string of the molecule is CN(C)CCN1CCN(C(=O)CCNC(C)(C)C)CC1. The highest BCUT2D eigenvalue weighted by atomic mass is 16.2. The van der Waals surface area contributed by atoms with Gasteiger partial charge in [0.1, 0.15) is 0 Å². The summed E-state index contributed by atoms with van der Waals surface area (Å²) in [4.78, 5) is 18.8. The molecular weight excluding hydrogens is 252 g/mol. The van der Waals surface area contributed by atoms with Crippen molar-refractivity contribution in [3.63, 3.8) is 0 Å². The highest BCUT2D eigenvalue weighted by Crippen LogP contribution is 2.04. The molecule has 0 bridgehead atoms. The predicted octanol–water partition coefficient (Wildman–Crippen LogP) is 0.470. The van der Waals surface area contributed by atoms with Crippen molar-refractivity contribution in [2.24, 2.45) is 0 Å². The highest BCUT2D eigenvalue weighted by Gasteiger charge is 2.20. The van der Waals surface area contributed by atoms with Gasteiger partial charge in [0, 0.05) is 57.8 Å². The van der Waals surface area contributed by atoms with Gasteiger partial charge < -0.3 is 15.1 Å². The van der Waals surface area contributed by atoms with Crippen LogP contribution in [0.15, 0.2) is 0 Å². The molecule has 1 aliphatic rings. The Balaban J connectivity index is 2.19. The molecule has 20 heavy (non-hydrogen) atoms. The minimum absolute atomic E-state index is 0.0884. The molecule has 0 spiro atoms. The molecular formula is C15H32N4O. The minimum Gasteiger partial charge on any atom is -0.340 e. The first kappa shape index (κ1) is 17.4. The van der Waals surface area contributed by atoms with Gasteiger partial charge in [-0.15, -0.1) is 0 Å². The van der Waals surface area contributed by atoms with Crippen molar-refractivity contribution in [1.29, 1.82) is 0 Å². The smallest absolute Gasteiger partial charge is 0.223 e. The molecule has 1 saturated heterocycles. The zero-order valence-electron chi connectivity index (χ0n) is 13.9. The fourth-order valence-corrected chi connectivity index (χ4v) is 2.26. The maximum atomic E-state index is 12.1. The Bertz CT molecular complexity index is 291. The number of rotatable bonds is 6. The second kappa shape index (κ2) is 7.96. The minimum atomic E-state index is 0.0884. The van der Waals surface area contributed by atoms with E-state index in [1.807, 2.05) is 4.90 Å². The summed E-state index contributed by atoms with van der Waals surface area (Å²) >= 11 is 0. The van der Waals surface area contributed by atoms with E-state index in [1.165, 1.54) is 0 Å². The molecule has 1 amide bonds. The first-order valence-corrected chi connectivity index (χ1v) is 7.68. The standard InChI is InChI=1S/C15H32N4O/c1-15(2,3)16-7-6-14(20)19-12-10-18(11-13-19)9-8-17(4)5/h16H,6-13H2,1-5H3. The average Bonchev–Trinajstić information content (AvgIpc) is 2.35. The number of carbonyl (C=O) groups is 1. The molecule has 118 valence electrons. The van der Waals surface area contributed by atoms with Crippen LogP contribution in [0.1, 0.15) is 27.2 Å². The molecule has 0 saturated carbocycles. The molecule has 5 heteroatoms. The average molecular weight is 284 g/mol. The largest absolute Gasteiger partial charge is 0.340 e. The molecule has 1 fully saturated rings. The maximum absolute atomic E-state index is 12.1. The van der Waals surface area contributed by atoms with E-state index in [-0.39, 0.29) is 11.4 Å². The zero-order valence-corrected chi connectivity index (χ0v) is 13.9. The second-order valence-corrected chi connectivity index (χ2v) is 6.95. The van der Waals surface area contributed by atoms with Gasteiger partial charge in [-0.2, -0.15) is 0 Å². The summed E-state index contributed by atoms with van der Waals surface area (Å²) in [7, 11) is 4.20. The Morgan fingerprint density at radius 1 is 1.15 bits per heavy atom.